The Hall–Kier alpha value is -0.460. The fraction of sp³-hybridized carbons (Fsp3) is 0.818. The van der Waals surface area contributed by atoms with Gasteiger partial charge >= 0.3 is 0 Å². The maximum absolute atomic E-state index is 8.60. The Bertz CT molecular complexity index is 143. The number of hydroxylamine groups is 2. The summed E-state index contributed by atoms with van der Waals surface area (Å²) in [6, 6.07) is 0. The molecule has 0 aromatic carbocycles. The first-order chi connectivity index (χ1) is 7.85. The minimum absolute atomic E-state index is 0.183. The molecule has 0 saturated carbocycles. The molecular weight excluding hydrogens is 210 g/mol. The highest BCUT2D eigenvalue weighted by Gasteiger charge is 2.03. The number of aliphatic hydroxyl groups is 2. The van der Waals surface area contributed by atoms with Gasteiger partial charge in [-0.2, -0.15) is 0 Å². The van der Waals surface area contributed by atoms with E-state index < -0.39 is 0 Å². The van der Waals surface area contributed by atoms with Gasteiger partial charge in [0.15, 0.2) is 0 Å². The molecule has 0 radical (unpaired) electrons. The highest BCUT2D eigenvalue weighted by molar-refractivity contribution is 4.66. The van der Waals surface area contributed by atoms with Crippen molar-refractivity contribution < 1.29 is 19.9 Å². The largest absolute Gasteiger partial charge is 0.396 e. The normalized spacial score (nSPS) is 10.9. The molecule has 2 N–H and O–H groups in total. The molecule has 0 aromatic heterocycles. The van der Waals surface area contributed by atoms with Crippen molar-refractivity contribution in [1.82, 2.24) is 5.23 Å². The van der Waals surface area contributed by atoms with Gasteiger partial charge in [-0.25, -0.2) is 0 Å². The van der Waals surface area contributed by atoms with Crippen LogP contribution in [0.25, 0.3) is 0 Å². The van der Waals surface area contributed by atoms with E-state index in [0.29, 0.717) is 19.8 Å². The average molecular weight is 233 g/mol. The summed E-state index contributed by atoms with van der Waals surface area (Å²) in [5, 5.41) is 18.6. The van der Waals surface area contributed by atoms with Gasteiger partial charge in [0.05, 0.1) is 19.8 Å². The molecule has 0 amide bonds. The first kappa shape index (κ1) is 15.5. The second-order valence-electron chi connectivity index (χ2n) is 3.33. The summed E-state index contributed by atoms with van der Waals surface area (Å²) < 4.78 is 0. The lowest BCUT2D eigenvalue weighted by atomic mass is 10.3. The quantitative estimate of drug-likeness (QED) is 0.298. The van der Waals surface area contributed by atoms with E-state index in [1.807, 2.05) is 0 Å². The summed E-state index contributed by atoms with van der Waals surface area (Å²) in [7, 11) is 0. The lowest BCUT2D eigenvalue weighted by molar-refractivity contribution is -0.363. The fourth-order valence-corrected chi connectivity index (χ4v) is 1.01. The van der Waals surface area contributed by atoms with Crippen molar-refractivity contribution in [2.45, 2.75) is 25.7 Å². The van der Waals surface area contributed by atoms with Crippen LogP contribution in [0.1, 0.15) is 25.7 Å². The number of unbranched alkanes of at least 4 members (excludes halogenated alkanes) is 2. The van der Waals surface area contributed by atoms with Crippen molar-refractivity contribution >= 4 is 0 Å². The molecule has 16 heavy (non-hydrogen) atoms. The molecule has 0 aliphatic rings. The van der Waals surface area contributed by atoms with E-state index in [4.69, 9.17) is 19.9 Å². The molecule has 0 unspecified atom stereocenters. The monoisotopic (exact) mass is 233 g/mol. The molecule has 0 aliphatic carbocycles. The Kier molecular flexibility index (Phi) is 12.2. The summed E-state index contributed by atoms with van der Waals surface area (Å²) in [5.74, 6) is 0. The van der Waals surface area contributed by atoms with Crippen LogP contribution < -0.4 is 0 Å². The lowest BCUT2D eigenvalue weighted by Crippen LogP contribution is -2.26. The molecule has 0 heterocycles. The smallest absolute Gasteiger partial charge is 0.0712 e. The van der Waals surface area contributed by atoms with E-state index in [-0.39, 0.29) is 13.2 Å². The van der Waals surface area contributed by atoms with Crippen LogP contribution in [0, 0.1) is 0 Å². The van der Waals surface area contributed by atoms with Crippen molar-refractivity contribution in [3.8, 4) is 0 Å². The van der Waals surface area contributed by atoms with Crippen molar-refractivity contribution in [2.75, 3.05) is 33.0 Å². The summed E-state index contributed by atoms with van der Waals surface area (Å²) in [6.07, 6.45) is 4.74. The molecule has 5 nitrogen and oxygen atoms in total. The zero-order chi connectivity index (χ0) is 12.1. The van der Waals surface area contributed by atoms with Crippen molar-refractivity contribution in [2.24, 2.45) is 0 Å². The van der Waals surface area contributed by atoms with Gasteiger partial charge < -0.3 is 10.2 Å². The number of hydrogen-bond acceptors (Lipinski definition) is 5. The van der Waals surface area contributed by atoms with Gasteiger partial charge in [0, 0.05) is 13.2 Å². The van der Waals surface area contributed by atoms with Gasteiger partial charge in [0.1, 0.15) is 0 Å². The summed E-state index contributed by atoms with van der Waals surface area (Å²) in [4.78, 5) is 10.7. The van der Waals surface area contributed by atoms with E-state index in [1.165, 1.54) is 5.23 Å². The van der Waals surface area contributed by atoms with Gasteiger partial charge in [-0.05, 0) is 25.7 Å². The van der Waals surface area contributed by atoms with Gasteiger partial charge in [-0.15, -0.1) is 6.58 Å². The SMILES string of the molecule is C=CCN(OCCCCO)OCCCCO. The predicted octanol–water partition coefficient (Wildman–Crippen LogP) is 0.883. The van der Waals surface area contributed by atoms with Crippen LogP contribution in [0.4, 0.5) is 0 Å². The van der Waals surface area contributed by atoms with E-state index in [2.05, 4.69) is 6.58 Å². The third-order valence-electron chi connectivity index (χ3n) is 1.85. The third-order valence-corrected chi connectivity index (χ3v) is 1.85. The van der Waals surface area contributed by atoms with Crippen LogP contribution in [-0.2, 0) is 9.68 Å². The predicted molar refractivity (Wildman–Crippen MR) is 61.4 cm³/mol. The molecule has 0 spiro atoms. The molecule has 0 saturated heterocycles. The topological polar surface area (TPSA) is 62.2 Å². The third kappa shape index (κ3) is 10.1. The van der Waals surface area contributed by atoms with Crippen LogP contribution in [0.15, 0.2) is 12.7 Å². The fourth-order valence-electron chi connectivity index (χ4n) is 1.01. The molecule has 5 heteroatoms. The van der Waals surface area contributed by atoms with Crippen LogP contribution in [0.2, 0.25) is 0 Å². The standard InChI is InChI=1S/C11H23NO4/c1-2-7-12(15-10-5-3-8-13)16-11-6-4-9-14/h2,13-14H,1,3-11H2. The number of aliphatic hydroxyl groups excluding tert-OH is 2. The number of rotatable bonds is 12. The van der Waals surface area contributed by atoms with Crippen LogP contribution >= 0.6 is 0 Å². The molecule has 0 atom stereocenters. The highest BCUT2D eigenvalue weighted by atomic mass is 16.9. The molecule has 0 aliphatic heterocycles. The zero-order valence-corrected chi connectivity index (χ0v) is 9.81. The zero-order valence-electron chi connectivity index (χ0n) is 9.81. The van der Waals surface area contributed by atoms with Crippen molar-refractivity contribution in [1.29, 1.82) is 0 Å². The van der Waals surface area contributed by atoms with Crippen LogP contribution in [-0.4, -0.2) is 48.4 Å². The van der Waals surface area contributed by atoms with Gasteiger partial charge in [-0.3, -0.25) is 9.68 Å². The van der Waals surface area contributed by atoms with E-state index in [9.17, 15) is 0 Å². The van der Waals surface area contributed by atoms with Gasteiger partial charge in [0.25, 0.3) is 0 Å². The van der Waals surface area contributed by atoms with E-state index >= 15 is 0 Å². The second-order valence-corrected chi connectivity index (χ2v) is 3.33. The number of hydrogen-bond donors (Lipinski definition) is 2. The minimum atomic E-state index is 0.183. The Labute approximate surface area is 97.2 Å². The summed E-state index contributed by atoms with van der Waals surface area (Å²) in [6.45, 7) is 5.52. The van der Waals surface area contributed by atoms with Crippen LogP contribution in [0.5, 0.6) is 0 Å². The molecule has 0 bridgehead atoms. The van der Waals surface area contributed by atoms with E-state index in [1.54, 1.807) is 6.08 Å². The first-order valence-electron chi connectivity index (χ1n) is 5.71. The van der Waals surface area contributed by atoms with Crippen LogP contribution in [0.3, 0.4) is 0 Å². The Morgan fingerprint density at radius 2 is 1.44 bits per heavy atom. The summed E-state index contributed by atoms with van der Waals surface area (Å²) >= 11 is 0. The van der Waals surface area contributed by atoms with Gasteiger partial charge in [-0.1, -0.05) is 11.3 Å². The maximum Gasteiger partial charge on any atom is 0.0712 e. The molecule has 0 fully saturated rings. The first-order valence-corrected chi connectivity index (χ1v) is 5.71. The Balaban J connectivity index is 3.49. The van der Waals surface area contributed by atoms with Gasteiger partial charge in [0.2, 0.25) is 0 Å². The van der Waals surface area contributed by atoms with Crippen molar-refractivity contribution in [3.63, 3.8) is 0 Å². The minimum Gasteiger partial charge on any atom is -0.396 e. The Morgan fingerprint density at radius 1 is 0.938 bits per heavy atom. The molecule has 0 aromatic rings. The number of nitrogens with zero attached hydrogens (tertiary/aromatic N) is 1. The van der Waals surface area contributed by atoms with E-state index in [0.717, 1.165) is 25.7 Å². The highest BCUT2D eigenvalue weighted by Crippen LogP contribution is 1.99. The molecule has 0 rings (SSSR count). The maximum atomic E-state index is 8.60. The molecule has 96 valence electrons. The average Bonchev–Trinajstić information content (AvgIpc) is 2.30. The Morgan fingerprint density at radius 3 is 1.81 bits per heavy atom. The van der Waals surface area contributed by atoms with Crippen molar-refractivity contribution in [3.05, 3.63) is 12.7 Å². The summed E-state index contributed by atoms with van der Waals surface area (Å²) in [5.41, 5.74) is 0. The molecular formula is C11H23NO4. The second kappa shape index (κ2) is 12.6. The lowest BCUT2D eigenvalue weighted by Gasteiger charge is -2.19.